The van der Waals surface area contributed by atoms with Crippen molar-refractivity contribution in [1.82, 2.24) is 4.90 Å². The second-order valence-electron chi connectivity index (χ2n) is 4.68. The van der Waals surface area contributed by atoms with Crippen molar-refractivity contribution < 1.29 is 4.74 Å². The fourth-order valence-corrected chi connectivity index (χ4v) is 2.15. The molecule has 0 bridgehead atoms. The minimum atomic E-state index is 0.385. The molecule has 1 fully saturated rings. The Labute approximate surface area is 104 Å². The predicted molar refractivity (Wildman–Crippen MR) is 71.8 cm³/mol. The number of likely N-dealkylation sites (tertiary alicyclic amines) is 1. The van der Waals surface area contributed by atoms with Gasteiger partial charge in [-0.05, 0) is 51.1 Å². The van der Waals surface area contributed by atoms with Crippen LogP contribution in [0, 0.1) is 0 Å². The number of benzene rings is 1. The first-order valence-corrected chi connectivity index (χ1v) is 6.47. The Morgan fingerprint density at radius 2 is 1.88 bits per heavy atom. The van der Waals surface area contributed by atoms with Crippen molar-refractivity contribution >= 4 is 5.69 Å². The van der Waals surface area contributed by atoms with Gasteiger partial charge in [0.15, 0.2) is 0 Å². The first-order chi connectivity index (χ1) is 8.28. The molecule has 0 unspecified atom stereocenters. The van der Waals surface area contributed by atoms with Gasteiger partial charge in [-0.1, -0.05) is 0 Å². The summed E-state index contributed by atoms with van der Waals surface area (Å²) >= 11 is 0. The summed E-state index contributed by atoms with van der Waals surface area (Å²) in [6.45, 7) is 5.33. The molecule has 0 aromatic heterocycles. The number of nitrogens with zero attached hydrogens (tertiary/aromatic N) is 1. The average molecular weight is 234 g/mol. The highest BCUT2D eigenvalue weighted by atomic mass is 16.5. The summed E-state index contributed by atoms with van der Waals surface area (Å²) in [5.74, 6) is 0.987. The van der Waals surface area contributed by atoms with Gasteiger partial charge >= 0.3 is 0 Å². The maximum atomic E-state index is 5.98. The molecule has 1 saturated heterocycles. The summed E-state index contributed by atoms with van der Waals surface area (Å²) in [4.78, 5) is 2.36. The lowest BCUT2D eigenvalue weighted by Gasteiger charge is -2.29. The fourth-order valence-electron chi connectivity index (χ4n) is 2.15. The van der Waals surface area contributed by atoms with Gasteiger partial charge in [0.1, 0.15) is 11.9 Å². The first kappa shape index (κ1) is 12.2. The zero-order valence-corrected chi connectivity index (χ0v) is 10.8. The van der Waals surface area contributed by atoms with Crippen LogP contribution >= 0.6 is 0 Å². The van der Waals surface area contributed by atoms with Gasteiger partial charge in [-0.15, -0.1) is 0 Å². The average Bonchev–Trinajstić information content (AvgIpc) is 2.35. The molecule has 0 saturated carbocycles. The molecule has 3 heteroatoms. The smallest absolute Gasteiger partial charge is 0.119 e. The van der Waals surface area contributed by atoms with Gasteiger partial charge in [0.25, 0.3) is 0 Å². The number of nitrogens with one attached hydrogen (secondary N) is 1. The SMILES string of the molecule is CCNc1ccc(OC2CCN(C)CC2)cc1. The first-order valence-electron chi connectivity index (χ1n) is 6.47. The lowest BCUT2D eigenvalue weighted by molar-refractivity contribution is 0.114. The standard InChI is InChI=1S/C14H22N2O/c1-3-15-12-4-6-13(7-5-12)17-14-8-10-16(2)11-9-14/h4-7,14-15H,3,8-11H2,1-2H3. The van der Waals surface area contributed by atoms with Crippen LogP contribution in [-0.4, -0.2) is 37.7 Å². The van der Waals surface area contributed by atoms with E-state index in [4.69, 9.17) is 4.74 Å². The second-order valence-corrected chi connectivity index (χ2v) is 4.68. The monoisotopic (exact) mass is 234 g/mol. The van der Waals surface area contributed by atoms with Gasteiger partial charge < -0.3 is 15.0 Å². The fraction of sp³-hybridized carbons (Fsp3) is 0.571. The minimum absolute atomic E-state index is 0.385. The largest absolute Gasteiger partial charge is 0.490 e. The van der Waals surface area contributed by atoms with E-state index in [0.717, 1.165) is 43.9 Å². The highest BCUT2D eigenvalue weighted by molar-refractivity contribution is 5.46. The van der Waals surface area contributed by atoms with Crippen molar-refractivity contribution in [2.45, 2.75) is 25.9 Å². The molecule has 0 spiro atoms. The summed E-state index contributed by atoms with van der Waals surface area (Å²) in [5.41, 5.74) is 1.16. The van der Waals surface area contributed by atoms with Crippen LogP contribution in [0.5, 0.6) is 5.75 Å². The molecule has 0 radical (unpaired) electrons. The van der Waals surface area contributed by atoms with Gasteiger partial charge in [0, 0.05) is 25.3 Å². The lowest BCUT2D eigenvalue weighted by atomic mass is 10.1. The van der Waals surface area contributed by atoms with Gasteiger partial charge in [-0.3, -0.25) is 0 Å². The Hall–Kier alpha value is -1.22. The zero-order valence-electron chi connectivity index (χ0n) is 10.8. The highest BCUT2D eigenvalue weighted by Crippen LogP contribution is 2.20. The van der Waals surface area contributed by atoms with Gasteiger partial charge in [0.2, 0.25) is 0 Å². The third-order valence-corrected chi connectivity index (χ3v) is 3.20. The van der Waals surface area contributed by atoms with Crippen molar-refractivity contribution in [3.05, 3.63) is 24.3 Å². The Balaban J connectivity index is 1.86. The van der Waals surface area contributed by atoms with Gasteiger partial charge in [0.05, 0.1) is 0 Å². The Bertz CT molecular complexity index is 329. The number of ether oxygens (including phenoxy) is 1. The van der Waals surface area contributed by atoms with Crippen LogP contribution in [0.25, 0.3) is 0 Å². The molecule has 94 valence electrons. The highest BCUT2D eigenvalue weighted by Gasteiger charge is 2.17. The Morgan fingerprint density at radius 3 is 2.47 bits per heavy atom. The summed E-state index contributed by atoms with van der Waals surface area (Å²) < 4.78 is 5.98. The third-order valence-electron chi connectivity index (χ3n) is 3.20. The molecule has 1 aromatic carbocycles. The van der Waals surface area contributed by atoms with Crippen molar-refractivity contribution in [1.29, 1.82) is 0 Å². The molecule has 0 atom stereocenters. The van der Waals surface area contributed by atoms with Crippen molar-refractivity contribution in [2.75, 3.05) is 32.0 Å². The molecule has 0 amide bonds. The molecule has 2 rings (SSSR count). The van der Waals surface area contributed by atoms with Crippen LogP contribution in [0.4, 0.5) is 5.69 Å². The van der Waals surface area contributed by atoms with E-state index in [-0.39, 0.29) is 0 Å². The molecular formula is C14H22N2O. The molecule has 0 aliphatic carbocycles. The zero-order chi connectivity index (χ0) is 12.1. The van der Waals surface area contributed by atoms with Crippen molar-refractivity contribution in [3.8, 4) is 5.75 Å². The Kier molecular flexibility index (Phi) is 4.26. The summed E-state index contributed by atoms with van der Waals surface area (Å²) in [5, 5.41) is 3.28. The van der Waals surface area contributed by atoms with E-state index in [2.05, 4.69) is 48.5 Å². The number of hydrogen-bond donors (Lipinski definition) is 1. The van der Waals surface area contributed by atoms with E-state index in [9.17, 15) is 0 Å². The number of piperidine rings is 1. The van der Waals surface area contributed by atoms with E-state index < -0.39 is 0 Å². The minimum Gasteiger partial charge on any atom is -0.490 e. The molecule has 1 N–H and O–H groups in total. The predicted octanol–water partition coefficient (Wildman–Crippen LogP) is 2.59. The third kappa shape index (κ3) is 3.63. The van der Waals surface area contributed by atoms with E-state index in [0.29, 0.717) is 6.10 Å². The van der Waals surface area contributed by atoms with E-state index >= 15 is 0 Å². The van der Waals surface area contributed by atoms with Gasteiger partial charge in [-0.2, -0.15) is 0 Å². The van der Waals surface area contributed by atoms with E-state index in [1.54, 1.807) is 0 Å². The molecular weight excluding hydrogens is 212 g/mol. The Morgan fingerprint density at radius 1 is 1.24 bits per heavy atom. The number of anilines is 1. The van der Waals surface area contributed by atoms with E-state index in [1.807, 2.05) is 0 Å². The molecule has 1 aromatic rings. The maximum Gasteiger partial charge on any atom is 0.119 e. The molecule has 1 heterocycles. The van der Waals surface area contributed by atoms with Crippen LogP contribution in [0.1, 0.15) is 19.8 Å². The summed E-state index contributed by atoms with van der Waals surface area (Å²) in [7, 11) is 2.17. The number of rotatable bonds is 4. The topological polar surface area (TPSA) is 24.5 Å². The lowest BCUT2D eigenvalue weighted by Crippen LogP contribution is -2.35. The van der Waals surface area contributed by atoms with Crippen molar-refractivity contribution in [2.24, 2.45) is 0 Å². The summed E-state index contributed by atoms with van der Waals surface area (Å²) in [6.07, 6.45) is 2.65. The molecule has 3 nitrogen and oxygen atoms in total. The van der Waals surface area contributed by atoms with Gasteiger partial charge in [-0.25, -0.2) is 0 Å². The van der Waals surface area contributed by atoms with E-state index in [1.165, 1.54) is 0 Å². The maximum absolute atomic E-state index is 5.98. The van der Waals surface area contributed by atoms with Crippen LogP contribution in [0.3, 0.4) is 0 Å². The molecule has 1 aliphatic heterocycles. The number of hydrogen-bond acceptors (Lipinski definition) is 3. The quantitative estimate of drug-likeness (QED) is 0.866. The van der Waals surface area contributed by atoms with Crippen molar-refractivity contribution in [3.63, 3.8) is 0 Å². The van der Waals surface area contributed by atoms with Crippen LogP contribution in [-0.2, 0) is 0 Å². The summed E-state index contributed by atoms with van der Waals surface area (Å²) in [6, 6.07) is 8.26. The van der Waals surface area contributed by atoms with Crippen LogP contribution in [0.15, 0.2) is 24.3 Å². The second kappa shape index (κ2) is 5.92. The van der Waals surface area contributed by atoms with Crippen LogP contribution < -0.4 is 10.1 Å². The normalized spacial score (nSPS) is 18.0. The molecule has 17 heavy (non-hydrogen) atoms. The van der Waals surface area contributed by atoms with Crippen LogP contribution in [0.2, 0.25) is 0 Å². The molecule has 1 aliphatic rings.